The van der Waals surface area contributed by atoms with Crippen LogP contribution in [0.2, 0.25) is 0 Å². The van der Waals surface area contributed by atoms with E-state index in [9.17, 15) is 13.5 Å². The first kappa shape index (κ1) is 13.5. The van der Waals surface area contributed by atoms with Crippen molar-refractivity contribution in [3.8, 4) is 0 Å². The fourth-order valence-corrected chi connectivity index (χ4v) is 3.22. The predicted molar refractivity (Wildman–Crippen MR) is 68.0 cm³/mol. The minimum atomic E-state index is -3.33. The molecule has 0 aliphatic rings. The van der Waals surface area contributed by atoms with Crippen molar-refractivity contribution in [2.75, 3.05) is 11.5 Å². The first-order valence-corrected chi connectivity index (χ1v) is 7.40. The van der Waals surface area contributed by atoms with Gasteiger partial charge >= 0.3 is 0 Å². The fourth-order valence-electron chi connectivity index (χ4n) is 1.25. The molecular formula is C10H14BrNO3S. The van der Waals surface area contributed by atoms with Crippen molar-refractivity contribution in [3.63, 3.8) is 0 Å². The Labute approximate surface area is 104 Å². The maximum atomic E-state index is 11.6. The molecule has 0 heterocycles. The third kappa shape index (κ3) is 2.96. The van der Waals surface area contributed by atoms with Gasteiger partial charge in [0.15, 0.2) is 9.84 Å². The summed E-state index contributed by atoms with van der Waals surface area (Å²) in [4.78, 5) is 0. The van der Waals surface area contributed by atoms with Crippen LogP contribution in [0.15, 0.2) is 24.3 Å². The summed E-state index contributed by atoms with van der Waals surface area (Å²) in [5, 5.41) is 9.90. The van der Waals surface area contributed by atoms with Crippen LogP contribution in [-0.4, -0.2) is 23.4 Å². The van der Waals surface area contributed by atoms with Crippen molar-refractivity contribution in [2.24, 2.45) is 0 Å². The van der Waals surface area contributed by atoms with Gasteiger partial charge in [-0.15, -0.1) is 0 Å². The highest BCUT2D eigenvalue weighted by atomic mass is 79.9. The summed E-state index contributed by atoms with van der Waals surface area (Å²) in [6, 6.07) is 6.55. The smallest absolute Gasteiger partial charge is 0.165 e. The van der Waals surface area contributed by atoms with Crippen LogP contribution in [-0.2, 0) is 9.84 Å². The van der Waals surface area contributed by atoms with Gasteiger partial charge in [0.1, 0.15) is 10.3 Å². The van der Waals surface area contributed by atoms with E-state index >= 15 is 0 Å². The maximum absolute atomic E-state index is 11.6. The molecule has 0 amide bonds. The van der Waals surface area contributed by atoms with Crippen LogP contribution >= 0.6 is 15.9 Å². The van der Waals surface area contributed by atoms with Gasteiger partial charge in [0, 0.05) is 11.4 Å². The number of benzene rings is 1. The lowest BCUT2D eigenvalue weighted by Crippen LogP contribution is -2.24. The lowest BCUT2D eigenvalue weighted by Gasteiger charge is -2.17. The largest absolute Gasteiger partial charge is 0.399 e. The van der Waals surface area contributed by atoms with E-state index in [1.54, 1.807) is 24.3 Å². The summed E-state index contributed by atoms with van der Waals surface area (Å²) in [6.45, 7) is 1.54. The van der Waals surface area contributed by atoms with Gasteiger partial charge in [0.2, 0.25) is 0 Å². The van der Waals surface area contributed by atoms with E-state index < -0.39 is 20.1 Å². The van der Waals surface area contributed by atoms with Crippen LogP contribution in [0, 0.1) is 0 Å². The fraction of sp³-hybridized carbons (Fsp3) is 0.400. The minimum Gasteiger partial charge on any atom is -0.399 e. The monoisotopic (exact) mass is 307 g/mol. The average Bonchev–Trinajstić information content (AvgIpc) is 2.27. The number of aliphatic hydroxyl groups excluding tert-OH is 1. The Kier molecular flexibility index (Phi) is 4.35. The first-order valence-electron chi connectivity index (χ1n) is 4.77. The Bertz CT molecular complexity index is 461. The van der Waals surface area contributed by atoms with Crippen molar-refractivity contribution in [1.82, 2.24) is 0 Å². The minimum absolute atomic E-state index is 0.0255. The van der Waals surface area contributed by atoms with Gasteiger partial charge in [0.25, 0.3) is 0 Å². The van der Waals surface area contributed by atoms with Crippen LogP contribution < -0.4 is 5.73 Å². The van der Waals surface area contributed by atoms with Crippen molar-refractivity contribution >= 4 is 31.5 Å². The van der Waals surface area contributed by atoms with Gasteiger partial charge < -0.3 is 10.8 Å². The molecule has 1 rings (SSSR count). The molecule has 0 fully saturated rings. The summed E-state index contributed by atoms with van der Waals surface area (Å²) in [7, 11) is -3.33. The molecule has 6 heteroatoms. The number of alkyl halides is 1. The van der Waals surface area contributed by atoms with E-state index in [4.69, 9.17) is 5.73 Å². The highest BCUT2D eigenvalue weighted by Gasteiger charge is 2.29. The molecule has 2 atom stereocenters. The van der Waals surface area contributed by atoms with Gasteiger partial charge in [-0.2, -0.15) is 0 Å². The molecule has 0 unspecified atom stereocenters. The predicted octanol–water partition coefficient (Wildman–Crippen LogP) is 1.46. The molecule has 0 saturated carbocycles. The van der Waals surface area contributed by atoms with Gasteiger partial charge in [0.05, 0.1) is 0 Å². The summed E-state index contributed by atoms with van der Waals surface area (Å²) in [5.74, 6) is -0.0255. The highest BCUT2D eigenvalue weighted by molar-refractivity contribution is 9.11. The number of hydrogen-bond donors (Lipinski definition) is 2. The molecule has 0 radical (unpaired) electrons. The standard InChI is InChI=1S/C10H14BrNO3S/c1-2-16(14,15)10(11)9(13)7-4-3-5-8(12)6-7/h3-6,9-10,13H,2,12H2,1H3/t9-,10-/m0/s1. The third-order valence-corrected chi connectivity index (χ3v) is 6.20. The molecule has 0 aromatic heterocycles. The Morgan fingerprint density at radius 3 is 2.62 bits per heavy atom. The van der Waals surface area contributed by atoms with Crippen LogP contribution in [0.1, 0.15) is 18.6 Å². The lowest BCUT2D eigenvalue weighted by molar-refractivity contribution is 0.195. The average molecular weight is 308 g/mol. The normalized spacial score (nSPS) is 15.7. The number of nitrogens with two attached hydrogens (primary N) is 1. The number of hydrogen-bond acceptors (Lipinski definition) is 4. The van der Waals surface area contributed by atoms with Gasteiger partial charge in [-0.3, -0.25) is 0 Å². The Hall–Kier alpha value is -0.590. The molecule has 0 bridgehead atoms. The maximum Gasteiger partial charge on any atom is 0.165 e. The van der Waals surface area contributed by atoms with E-state index in [2.05, 4.69) is 15.9 Å². The zero-order valence-electron chi connectivity index (χ0n) is 8.80. The topological polar surface area (TPSA) is 80.4 Å². The summed E-state index contributed by atoms with van der Waals surface area (Å²) in [6.07, 6.45) is -1.12. The Morgan fingerprint density at radius 2 is 2.12 bits per heavy atom. The molecule has 3 N–H and O–H groups in total. The zero-order valence-corrected chi connectivity index (χ0v) is 11.2. The summed E-state index contributed by atoms with van der Waals surface area (Å²) >= 11 is 3.01. The number of rotatable bonds is 4. The van der Waals surface area contributed by atoms with Crippen LogP contribution in [0.5, 0.6) is 0 Å². The summed E-state index contributed by atoms with van der Waals surface area (Å²) < 4.78 is 22.1. The molecule has 16 heavy (non-hydrogen) atoms. The first-order chi connectivity index (χ1) is 7.38. The van der Waals surface area contributed by atoms with E-state index in [0.717, 1.165) is 0 Å². The van der Waals surface area contributed by atoms with Crippen LogP contribution in [0.25, 0.3) is 0 Å². The van der Waals surface area contributed by atoms with E-state index in [0.29, 0.717) is 11.3 Å². The van der Waals surface area contributed by atoms with Gasteiger partial charge in [-0.1, -0.05) is 35.0 Å². The van der Waals surface area contributed by atoms with Crippen molar-refractivity contribution < 1.29 is 13.5 Å². The molecule has 0 aliphatic heterocycles. The lowest BCUT2D eigenvalue weighted by atomic mass is 10.1. The molecule has 0 spiro atoms. The molecule has 1 aromatic carbocycles. The number of anilines is 1. The van der Waals surface area contributed by atoms with E-state index in [1.807, 2.05) is 0 Å². The molecular weight excluding hydrogens is 294 g/mol. The quantitative estimate of drug-likeness (QED) is 0.652. The second-order valence-electron chi connectivity index (χ2n) is 3.42. The zero-order chi connectivity index (χ0) is 12.3. The molecule has 90 valence electrons. The van der Waals surface area contributed by atoms with Crippen LogP contribution in [0.3, 0.4) is 0 Å². The second-order valence-corrected chi connectivity index (χ2v) is 7.42. The number of sulfone groups is 1. The van der Waals surface area contributed by atoms with Crippen molar-refractivity contribution in [3.05, 3.63) is 29.8 Å². The molecule has 4 nitrogen and oxygen atoms in total. The van der Waals surface area contributed by atoms with Crippen molar-refractivity contribution in [1.29, 1.82) is 0 Å². The second kappa shape index (κ2) is 5.16. The van der Waals surface area contributed by atoms with Crippen LogP contribution in [0.4, 0.5) is 5.69 Å². The highest BCUT2D eigenvalue weighted by Crippen LogP contribution is 2.28. The number of nitrogen functional groups attached to an aromatic ring is 1. The molecule has 1 aromatic rings. The Morgan fingerprint density at radius 1 is 1.50 bits per heavy atom. The number of aliphatic hydroxyl groups is 1. The van der Waals surface area contributed by atoms with Gasteiger partial charge in [-0.25, -0.2) is 8.42 Å². The SMILES string of the molecule is CCS(=O)(=O)[C@H](Br)[C@@H](O)c1cccc(N)c1. The van der Waals surface area contributed by atoms with E-state index in [-0.39, 0.29) is 5.75 Å². The van der Waals surface area contributed by atoms with Gasteiger partial charge in [-0.05, 0) is 17.7 Å². The summed E-state index contributed by atoms with van der Waals surface area (Å²) in [5.41, 5.74) is 6.54. The number of halogens is 1. The molecule has 0 saturated heterocycles. The third-order valence-electron chi connectivity index (χ3n) is 2.25. The Balaban J connectivity index is 2.99. The molecule has 0 aliphatic carbocycles. The van der Waals surface area contributed by atoms with Crippen molar-refractivity contribution in [2.45, 2.75) is 17.2 Å². The van der Waals surface area contributed by atoms with E-state index in [1.165, 1.54) is 6.92 Å².